The zero-order valence-electron chi connectivity index (χ0n) is 31.2. The summed E-state index contributed by atoms with van der Waals surface area (Å²) in [4.78, 5) is 33.3. The molecule has 4 aliphatic rings. The van der Waals surface area contributed by atoms with Crippen molar-refractivity contribution >= 4 is 40.7 Å². The fourth-order valence-corrected chi connectivity index (χ4v) is 10.9. The maximum Gasteiger partial charge on any atom is 0.238 e. The standard InChI is InChI=1S/C45H48Cl2FN3O4/c1-43(2)22-24-44(25-23-43)45(33-21-16-29(46)26-35(33)50-42(45)55)36(32-14-9-15-34(47)37(32)48)39(41(54)49-30-17-19-31(52)20-18-30)51(44)38(27-10-5-3-6-11-27)40(53)28-12-7-4-8-13-28/h3-16,21,26,30-31,36,38-40,52-53H,17-20,22-25H2,1-2H3,(H,49,54)(H,50,55)/t30?,31?,36-,38+,39+,40-,45-/m0/s1. The van der Waals surface area contributed by atoms with E-state index >= 15 is 14.0 Å². The second-order valence-electron chi connectivity index (χ2n) is 16.8. The first-order valence-electron chi connectivity index (χ1n) is 19.5. The van der Waals surface area contributed by atoms with Crippen LogP contribution in [0.15, 0.2) is 97.1 Å². The van der Waals surface area contributed by atoms with Crippen LogP contribution in [0.1, 0.15) is 106 Å². The molecule has 288 valence electrons. The molecule has 2 amide bonds. The second kappa shape index (κ2) is 14.6. The van der Waals surface area contributed by atoms with E-state index < -0.39 is 47.0 Å². The molecule has 8 rings (SSSR count). The molecule has 4 N–H and O–H groups in total. The molecule has 2 saturated carbocycles. The molecule has 2 spiro atoms. The number of nitrogens with zero attached hydrogens (tertiary/aromatic N) is 1. The Morgan fingerprint density at radius 1 is 0.873 bits per heavy atom. The molecule has 0 bridgehead atoms. The number of aliphatic hydroxyl groups excluding tert-OH is 2. The van der Waals surface area contributed by atoms with Gasteiger partial charge in [0.2, 0.25) is 11.8 Å². The Bertz CT molecular complexity index is 2070. The molecule has 55 heavy (non-hydrogen) atoms. The van der Waals surface area contributed by atoms with Crippen LogP contribution in [0.5, 0.6) is 0 Å². The number of rotatable bonds is 7. The first-order chi connectivity index (χ1) is 26.4. The number of aliphatic hydroxyl groups is 2. The summed E-state index contributed by atoms with van der Waals surface area (Å²) in [6.45, 7) is 4.44. The van der Waals surface area contributed by atoms with Gasteiger partial charge in [0.15, 0.2) is 0 Å². The molecule has 0 radical (unpaired) electrons. The highest BCUT2D eigenvalue weighted by Gasteiger charge is 2.77. The third kappa shape index (κ3) is 6.29. The molecule has 1 saturated heterocycles. The van der Waals surface area contributed by atoms with Gasteiger partial charge in [0.1, 0.15) is 11.2 Å². The first-order valence-corrected chi connectivity index (χ1v) is 20.2. The van der Waals surface area contributed by atoms with E-state index in [9.17, 15) is 10.2 Å². The van der Waals surface area contributed by atoms with Crippen LogP contribution in [-0.2, 0) is 15.0 Å². The van der Waals surface area contributed by atoms with Crippen molar-refractivity contribution in [3.63, 3.8) is 0 Å². The molecule has 7 nitrogen and oxygen atoms in total. The molecule has 2 aliphatic carbocycles. The van der Waals surface area contributed by atoms with E-state index in [1.807, 2.05) is 66.7 Å². The topological polar surface area (TPSA) is 102 Å². The number of halogens is 3. The van der Waals surface area contributed by atoms with Crippen LogP contribution in [0.25, 0.3) is 0 Å². The lowest BCUT2D eigenvalue weighted by Crippen LogP contribution is -2.64. The van der Waals surface area contributed by atoms with Gasteiger partial charge in [-0.1, -0.05) is 116 Å². The highest BCUT2D eigenvalue weighted by molar-refractivity contribution is 6.31. The van der Waals surface area contributed by atoms with Gasteiger partial charge in [-0.2, -0.15) is 0 Å². The van der Waals surface area contributed by atoms with E-state index in [1.165, 1.54) is 6.07 Å². The van der Waals surface area contributed by atoms with Gasteiger partial charge in [-0.3, -0.25) is 14.5 Å². The smallest absolute Gasteiger partial charge is 0.238 e. The van der Waals surface area contributed by atoms with Gasteiger partial charge in [-0.05, 0) is 97.2 Å². The number of carbonyl (C=O) groups is 2. The fraction of sp³-hybridized carbons (Fsp3) is 0.422. The summed E-state index contributed by atoms with van der Waals surface area (Å²) in [6.07, 6.45) is 3.06. The number of hydrogen-bond acceptors (Lipinski definition) is 5. The van der Waals surface area contributed by atoms with E-state index in [4.69, 9.17) is 23.2 Å². The van der Waals surface area contributed by atoms with Gasteiger partial charge < -0.3 is 20.8 Å². The third-order valence-corrected chi connectivity index (χ3v) is 13.8. The normalized spacial score (nSPS) is 28.1. The number of nitrogens with one attached hydrogen (secondary N) is 2. The van der Waals surface area contributed by atoms with Crippen molar-refractivity contribution in [3.8, 4) is 0 Å². The highest BCUT2D eigenvalue weighted by Crippen LogP contribution is 2.70. The van der Waals surface area contributed by atoms with Gasteiger partial charge in [0.25, 0.3) is 0 Å². The van der Waals surface area contributed by atoms with Crippen molar-refractivity contribution in [1.29, 1.82) is 0 Å². The minimum absolute atomic E-state index is 0.0869. The molecule has 3 fully saturated rings. The molecule has 0 aromatic heterocycles. The van der Waals surface area contributed by atoms with Crippen LogP contribution in [0.3, 0.4) is 0 Å². The minimum Gasteiger partial charge on any atom is -0.393 e. The summed E-state index contributed by atoms with van der Waals surface area (Å²) in [5.41, 5.74) is 0.0177. The van der Waals surface area contributed by atoms with Crippen molar-refractivity contribution in [3.05, 3.63) is 135 Å². The Hall–Kier alpha value is -3.79. The number of benzene rings is 4. The van der Waals surface area contributed by atoms with Gasteiger partial charge in [0, 0.05) is 28.2 Å². The summed E-state index contributed by atoms with van der Waals surface area (Å²) in [5.74, 6) is -2.47. The minimum atomic E-state index is -1.52. The van der Waals surface area contributed by atoms with E-state index in [1.54, 1.807) is 24.3 Å². The van der Waals surface area contributed by atoms with Crippen LogP contribution < -0.4 is 10.6 Å². The molecule has 2 aliphatic heterocycles. The number of fused-ring (bicyclic) bond motifs is 3. The van der Waals surface area contributed by atoms with Crippen LogP contribution in [-0.4, -0.2) is 50.7 Å². The monoisotopic (exact) mass is 783 g/mol. The molecule has 2 heterocycles. The van der Waals surface area contributed by atoms with Gasteiger partial charge in [-0.25, -0.2) is 4.39 Å². The summed E-state index contributed by atoms with van der Waals surface area (Å²) >= 11 is 13.2. The number of carbonyl (C=O) groups excluding carboxylic acids is 2. The summed E-state index contributed by atoms with van der Waals surface area (Å²) in [5, 5.41) is 30.0. The van der Waals surface area contributed by atoms with E-state index in [2.05, 4.69) is 29.4 Å². The van der Waals surface area contributed by atoms with Crippen molar-refractivity contribution < 1.29 is 24.2 Å². The lowest BCUT2D eigenvalue weighted by molar-refractivity contribution is -0.137. The van der Waals surface area contributed by atoms with Gasteiger partial charge >= 0.3 is 0 Å². The van der Waals surface area contributed by atoms with Crippen LogP contribution in [0.4, 0.5) is 10.1 Å². The summed E-state index contributed by atoms with van der Waals surface area (Å²) in [6, 6.07) is 27.0. The van der Waals surface area contributed by atoms with Gasteiger partial charge in [-0.15, -0.1) is 0 Å². The number of hydrogen-bond donors (Lipinski definition) is 4. The van der Waals surface area contributed by atoms with E-state index in [0.29, 0.717) is 73.2 Å². The van der Waals surface area contributed by atoms with Crippen LogP contribution in [0, 0.1) is 11.2 Å². The zero-order chi connectivity index (χ0) is 38.7. The summed E-state index contributed by atoms with van der Waals surface area (Å²) in [7, 11) is 0. The molecular weight excluding hydrogens is 736 g/mol. The third-order valence-electron chi connectivity index (χ3n) is 13.3. The van der Waals surface area contributed by atoms with Crippen LogP contribution >= 0.6 is 23.2 Å². The average molecular weight is 785 g/mol. The predicted molar refractivity (Wildman–Crippen MR) is 214 cm³/mol. The Balaban J connectivity index is 1.47. The van der Waals surface area contributed by atoms with Gasteiger partial charge in [0.05, 0.1) is 29.3 Å². The lowest BCUT2D eigenvalue weighted by Gasteiger charge is -2.56. The lowest BCUT2D eigenvalue weighted by atomic mass is 9.53. The molecule has 4 aromatic rings. The Kier molecular flexibility index (Phi) is 10.1. The Morgan fingerprint density at radius 3 is 2.16 bits per heavy atom. The average Bonchev–Trinajstić information content (AvgIpc) is 3.60. The van der Waals surface area contributed by atoms with Crippen molar-refractivity contribution in [1.82, 2.24) is 10.2 Å². The van der Waals surface area contributed by atoms with Crippen molar-refractivity contribution in [2.24, 2.45) is 5.41 Å². The summed E-state index contributed by atoms with van der Waals surface area (Å²) < 4.78 is 17.0. The zero-order valence-corrected chi connectivity index (χ0v) is 32.7. The number of anilines is 1. The van der Waals surface area contributed by atoms with Crippen LogP contribution in [0.2, 0.25) is 10.0 Å². The molecule has 5 atom stereocenters. The predicted octanol–water partition coefficient (Wildman–Crippen LogP) is 9.02. The Morgan fingerprint density at radius 2 is 1.51 bits per heavy atom. The second-order valence-corrected chi connectivity index (χ2v) is 17.7. The van der Waals surface area contributed by atoms with Crippen molar-refractivity contribution in [2.45, 2.75) is 112 Å². The number of amides is 2. The Labute approximate surface area is 332 Å². The largest absolute Gasteiger partial charge is 0.393 e. The maximum atomic E-state index is 17.0. The van der Waals surface area contributed by atoms with Crippen molar-refractivity contribution in [2.75, 3.05) is 5.32 Å². The SMILES string of the molecule is CC1(C)CCC2(CC1)N([C@H](c1ccccc1)[C@@H](O)c1ccccc1)[C@@H](C(=O)NC1CCC(O)CC1)[C@H](c1cccc(Cl)c1F)[C@@]21C(=O)Nc2cc(Cl)ccc21. The maximum absolute atomic E-state index is 17.0. The van der Waals surface area contributed by atoms with E-state index in [-0.39, 0.29) is 33.9 Å². The molecular formula is C45H48Cl2FN3O4. The molecule has 10 heteroatoms. The highest BCUT2D eigenvalue weighted by atomic mass is 35.5. The fourth-order valence-electron chi connectivity index (χ4n) is 10.6. The number of likely N-dealkylation sites (tertiary alicyclic amines) is 1. The molecule has 4 aromatic carbocycles. The first kappa shape index (κ1) is 38.1. The molecule has 0 unspecified atom stereocenters. The quantitative estimate of drug-likeness (QED) is 0.150. The van der Waals surface area contributed by atoms with E-state index in [0.717, 1.165) is 5.56 Å².